The first-order valence-corrected chi connectivity index (χ1v) is 9.35. The average molecular weight is 341 g/mol. The number of rotatable bonds is 4. The van der Waals surface area contributed by atoms with Crippen molar-refractivity contribution in [1.82, 2.24) is 14.9 Å². The Hall–Kier alpha value is -1.88. The summed E-state index contributed by atoms with van der Waals surface area (Å²) >= 11 is 0. The number of methoxy groups -OCH3 is 1. The molecule has 1 saturated heterocycles. The highest BCUT2D eigenvalue weighted by molar-refractivity contribution is 5.78. The molecule has 2 fully saturated rings. The lowest BCUT2D eigenvalue weighted by Crippen LogP contribution is -2.46. The third-order valence-electron chi connectivity index (χ3n) is 6.23. The van der Waals surface area contributed by atoms with Crippen molar-refractivity contribution in [2.75, 3.05) is 13.7 Å². The first-order valence-electron chi connectivity index (χ1n) is 9.35. The Morgan fingerprint density at radius 3 is 3.04 bits per heavy atom. The predicted octanol–water partition coefficient (Wildman–Crippen LogP) is 3.30. The van der Waals surface area contributed by atoms with E-state index in [4.69, 9.17) is 4.74 Å². The van der Waals surface area contributed by atoms with Gasteiger partial charge in [-0.25, -0.2) is 4.98 Å². The minimum atomic E-state index is 0.216. The van der Waals surface area contributed by atoms with E-state index in [1.807, 2.05) is 24.3 Å². The van der Waals surface area contributed by atoms with Crippen LogP contribution in [0.5, 0.6) is 0 Å². The minimum absolute atomic E-state index is 0.216. The van der Waals surface area contributed by atoms with Crippen molar-refractivity contribution in [3.63, 3.8) is 0 Å². The summed E-state index contributed by atoms with van der Waals surface area (Å²) in [7, 11) is 1.81. The fourth-order valence-electron chi connectivity index (χ4n) is 4.78. The second-order valence-corrected chi connectivity index (χ2v) is 7.85. The second kappa shape index (κ2) is 6.45. The van der Waals surface area contributed by atoms with Gasteiger partial charge in [0.15, 0.2) is 0 Å². The lowest BCUT2D eigenvalue weighted by Gasteiger charge is -2.42. The van der Waals surface area contributed by atoms with Crippen molar-refractivity contribution in [3.05, 3.63) is 30.1 Å². The Morgan fingerprint density at radius 1 is 1.40 bits per heavy atom. The van der Waals surface area contributed by atoms with E-state index in [2.05, 4.69) is 21.8 Å². The zero-order chi connectivity index (χ0) is 17.4. The molecule has 134 valence electrons. The summed E-state index contributed by atoms with van der Waals surface area (Å²) in [6, 6.07) is 8.38. The SMILES string of the molecule is CO[C@@H]1CC[C@H]2N(C(=O)CCc3nc4ccccc4[nH]3)CC[C@@]2(C)C1. The van der Waals surface area contributed by atoms with E-state index >= 15 is 0 Å². The number of aromatic nitrogens is 2. The van der Waals surface area contributed by atoms with Gasteiger partial charge in [-0.3, -0.25) is 4.79 Å². The van der Waals surface area contributed by atoms with Gasteiger partial charge in [-0.2, -0.15) is 0 Å². The summed E-state index contributed by atoms with van der Waals surface area (Å²) in [5.41, 5.74) is 2.22. The second-order valence-electron chi connectivity index (χ2n) is 7.85. The Kier molecular flexibility index (Phi) is 4.28. The van der Waals surface area contributed by atoms with Crippen LogP contribution in [0.25, 0.3) is 11.0 Å². The smallest absolute Gasteiger partial charge is 0.223 e. The highest BCUT2D eigenvalue weighted by Gasteiger charge is 2.48. The molecule has 0 unspecified atom stereocenters. The Balaban J connectivity index is 1.40. The van der Waals surface area contributed by atoms with Crippen LogP contribution in [0.4, 0.5) is 0 Å². The largest absolute Gasteiger partial charge is 0.381 e. The van der Waals surface area contributed by atoms with Crippen molar-refractivity contribution < 1.29 is 9.53 Å². The maximum absolute atomic E-state index is 12.8. The molecule has 1 aliphatic heterocycles. The molecule has 0 radical (unpaired) electrons. The molecular formula is C20H27N3O2. The van der Waals surface area contributed by atoms with Gasteiger partial charge in [0, 0.05) is 32.5 Å². The third kappa shape index (κ3) is 3.06. The summed E-state index contributed by atoms with van der Waals surface area (Å²) < 4.78 is 5.58. The van der Waals surface area contributed by atoms with Gasteiger partial charge in [-0.1, -0.05) is 19.1 Å². The molecule has 5 nitrogen and oxygen atoms in total. The van der Waals surface area contributed by atoms with E-state index in [1.165, 1.54) is 0 Å². The maximum atomic E-state index is 12.8. The molecule has 1 saturated carbocycles. The van der Waals surface area contributed by atoms with Gasteiger partial charge in [0.05, 0.1) is 17.1 Å². The van der Waals surface area contributed by atoms with E-state index in [-0.39, 0.29) is 11.3 Å². The third-order valence-corrected chi connectivity index (χ3v) is 6.23. The average Bonchev–Trinajstić information content (AvgIpc) is 3.19. The molecule has 2 aromatic rings. The number of H-pyrrole nitrogens is 1. The molecule has 4 rings (SSSR count). The molecule has 2 heterocycles. The lowest BCUT2D eigenvalue weighted by molar-refractivity contribution is -0.134. The monoisotopic (exact) mass is 341 g/mol. The summed E-state index contributed by atoms with van der Waals surface area (Å²) in [5, 5.41) is 0. The highest BCUT2D eigenvalue weighted by atomic mass is 16.5. The molecule has 1 aromatic heterocycles. The standard InChI is InChI=1S/C20H27N3O2/c1-20-11-12-23(17(20)8-7-14(13-20)25-2)19(24)10-9-18-21-15-5-3-4-6-16(15)22-18/h3-6,14,17H,7-13H2,1-2H3,(H,21,22)/t14-,17-,20+/m1/s1. The molecule has 2 aliphatic rings. The fourth-order valence-corrected chi connectivity index (χ4v) is 4.78. The number of hydrogen-bond acceptors (Lipinski definition) is 3. The van der Waals surface area contributed by atoms with Crippen molar-refractivity contribution in [3.8, 4) is 0 Å². The first kappa shape index (κ1) is 16.6. The van der Waals surface area contributed by atoms with Crippen LogP contribution in [0.15, 0.2) is 24.3 Å². The Labute approximate surface area is 148 Å². The Morgan fingerprint density at radius 2 is 2.24 bits per heavy atom. The van der Waals surface area contributed by atoms with Gasteiger partial charge in [-0.15, -0.1) is 0 Å². The molecule has 1 amide bonds. The highest BCUT2D eigenvalue weighted by Crippen LogP contribution is 2.47. The molecule has 25 heavy (non-hydrogen) atoms. The zero-order valence-corrected chi connectivity index (χ0v) is 15.1. The molecule has 0 bridgehead atoms. The van der Waals surface area contributed by atoms with Crippen molar-refractivity contribution in [1.29, 1.82) is 0 Å². The van der Waals surface area contributed by atoms with Gasteiger partial charge in [0.25, 0.3) is 0 Å². The van der Waals surface area contributed by atoms with Crippen LogP contribution in [-0.2, 0) is 16.0 Å². The zero-order valence-electron chi connectivity index (χ0n) is 15.1. The van der Waals surface area contributed by atoms with Gasteiger partial charge in [0.2, 0.25) is 5.91 Å². The van der Waals surface area contributed by atoms with Crippen molar-refractivity contribution in [2.45, 2.75) is 57.6 Å². The number of carbonyl (C=O) groups excluding carboxylic acids is 1. The summed E-state index contributed by atoms with van der Waals surface area (Å²) in [6.45, 7) is 3.21. The van der Waals surface area contributed by atoms with Crippen molar-refractivity contribution in [2.24, 2.45) is 5.41 Å². The van der Waals surface area contributed by atoms with Gasteiger partial charge in [0.1, 0.15) is 5.82 Å². The number of nitrogens with one attached hydrogen (secondary N) is 1. The number of carbonyl (C=O) groups is 1. The summed E-state index contributed by atoms with van der Waals surface area (Å²) in [4.78, 5) is 22.9. The van der Waals surface area contributed by atoms with E-state index in [9.17, 15) is 4.79 Å². The van der Waals surface area contributed by atoms with Gasteiger partial charge < -0.3 is 14.6 Å². The summed E-state index contributed by atoms with van der Waals surface area (Å²) in [5.74, 6) is 1.17. The number of likely N-dealkylation sites (tertiary alicyclic amines) is 1. The van der Waals surface area contributed by atoms with E-state index in [1.54, 1.807) is 7.11 Å². The Bertz CT molecular complexity index is 738. The number of imidazole rings is 1. The van der Waals surface area contributed by atoms with Crippen LogP contribution >= 0.6 is 0 Å². The number of ether oxygens (including phenoxy) is 1. The van der Waals surface area contributed by atoms with E-state index in [0.717, 1.165) is 49.1 Å². The number of para-hydroxylation sites is 2. The van der Waals surface area contributed by atoms with E-state index in [0.29, 0.717) is 25.0 Å². The topological polar surface area (TPSA) is 58.2 Å². The van der Waals surface area contributed by atoms with Crippen LogP contribution < -0.4 is 0 Å². The fraction of sp³-hybridized carbons (Fsp3) is 0.600. The maximum Gasteiger partial charge on any atom is 0.223 e. The quantitative estimate of drug-likeness (QED) is 0.928. The van der Waals surface area contributed by atoms with Crippen LogP contribution in [0, 0.1) is 5.41 Å². The summed E-state index contributed by atoms with van der Waals surface area (Å²) in [6.07, 6.45) is 5.84. The van der Waals surface area contributed by atoms with Crippen LogP contribution in [-0.4, -0.2) is 46.6 Å². The first-order chi connectivity index (χ1) is 12.1. The normalized spacial score (nSPS) is 29.1. The molecular weight excluding hydrogens is 314 g/mol. The number of amides is 1. The molecule has 0 spiro atoms. The van der Waals surface area contributed by atoms with Gasteiger partial charge >= 0.3 is 0 Å². The van der Waals surface area contributed by atoms with E-state index < -0.39 is 0 Å². The minimum Gasteiger partial charge on any atom is -0.381 e. The predicted molar refractivity (Wildman–Crippen MR) is 97.3 cm³/mol. The number of benzene rings is 1. The molecule has 1 aromatic carbocycles. The van der Waals surface area contributed by atoms with Crippen LogP contribution in [0.2, 0.25) is 0 Å². The molecule has 5 heteroatoms. The van der Waals surface area contributed by atoms with Crippen LogP contribution in [0.1, 0.15) is 44.9 Å². The number of aryl methyl sites for hydroxylation is 1. The number of hydrogen-bond donors (Lipinski definition) is 1. The van der Waals surface area contributed by atoms with Crippen molar-refractivity contribution >= 4 is 16.9 Å². The molecule has 1 N–H and O–H groups in total. The number of fused-ring (bicyclic) bond motifs is 2. The number of aromatic amines is 1. The van der Waals surface area contributed by atoms with Crippen LogP contribution in [0.3, 0.4) is 0 Å². The lowest BCUT2D eigenvalue weighted by atomic mass is 9.71. The number of nitrogens with zero attached hydrogens (tertiary/aromatic N) is 2. The molecule has 1 aliphatic carbocycles. The molecule has 3 atom stereocenters. The van der Waals surface area contributed by atoms with Gasteiger partial charge in [-0.05, 0) is 43.2 Å².